The lowest BCUT2D eigenvalue weighted by molar-refractivity contribution is 0.280. The average Bonchev–Trinajstić information content (AvgIpc) is 2.42. The molecule has 1 aromatic carbocycles. The highest BCUT2D eigenvalue weighted by Gasteiger charge is 2.05. The SMILES string of the molecule is CCOc1nc(OCc2ccc(Cl)cc2)ccc1N. The third kappa shape index (κ3) is 3.76. The van der Waals surface area contributed by atoms with Crippen molar-refractivity contribution in [2.45, 2.75) is 13.5 Å². The number of benzene rings is 1. The molecule has 0 unspecified atom stereocenters. The fourth-order valence-corrected chi connectivity index (χ4v) is 1.63. The minimum atomic E-state index is 0.399. The standard InChI is InChI=1S/C14H15ClN2O2/c1-2-18-14-12(16)7-8-13(17-14)19-9-10-3-5-11(15)6-4-10/h3-8H,2,9,16H2,1H3. The number of pyridine rings is 1. The van der Waals surface area contributed by atoms with E-state index in [1.807, 2.05) is 31.2 Å². The van der Waals surface area contributed by atoms with Crippen LogP contribution in [0.15, 0.2) is 36.4 Å². The molecule has 4 nitrogen and oxygen atoms in total. The van der Waals surface area contributed by atoms with Gasteiger partial charge >= 0.3 is 0 Å². The van der Waals surface area contributed by atoms with Crippen LogP contribution in [0.2, 0.25) is 5.02 Å². The molecule has 2 rings (SSSR count). The monoisotopic (exact) mass is 278 g/mol. The Morgan fingerprint density at radius 1 is 1.11 bits per heavy atom. The Morgan fingerprint density at radius 2 is 1.84 bits per heavy atom. The van der Waals surface area contributed by atoms with Crippen LogP contribution in [-0.2, 0) is 6.61 Å². The van der Waals surface area contributed by atoms with Crippen LogP contribution in [0, 0.1) is 0 Å². The second kappa shape index (κ2) is 6.29. The Balaban J connectivity index is 2.03. The number of nitrogens with two attached hydrogens (primary N) is 1. The fourth-order valence-electron chi connectivity index (χ4n) is 1.50. The molecule has 100 valence electrons. The van der Waals surface area contributed by atoms with Crippen molar-refractivity contribution in [1.29, 1.82) is 0 Å². The molecule has 0 amide bonds. The van der Waals surface area contributed by atoms with Gasteiger partial charge in [-0.1, -0.05) is 23.7 Å². The highest BCUT2D eigenvalue weighted by Crippen LogP contribution is 2.22. The zero-order valence-corrected chi connectivity index (χ0v) is 11.4. The molecule has 0 spiro atoms. The van der Waals surface area contributed by atoms with Gasteiger partial charge in [-0.15, -0.1) is 0 Å². The molecule has 1 aromatic heterocycles. The van der Waals surface area contributed by atoms with Crippen molar-refractivity contribution in [3.05, 3.63) is 47.0 Å². The van der Waals surface area contributed by atoms with E-state index in [9.17, 15) is 0 Å². The van der Waals surface area contributed by atoms with E-state index in [4.69, 9.17) is 26.8 Å². The summed E-state index contributed by atoms with van der Waals surface area (Å²) in [4.78, 5) is 4.20. The van der Waals surface area contributed by atoms with Gasteiger partial charge < -0.3 is 15.2 Å². The maximum atomic E-state index is 5.82. The molecule has 0 aliphatic heterocycles. The predicted octanol–water partition coefficient (Wildman–Crippen LogP) is 3.29. The maximum Gasteiger partial charge on any atom is 0.240 e. The average molecular weight is 279 g/mol. The molecule has 0 bridgehead atoms. The van der Waals surface area contributed by atoms with Crippen molar-refractivity contribution in [2.24, 2.45) is 0 Å². The van der Waals surface area contributed by atoms with Crippen LogP contribution in [0.3, 0.4) is 0 Å². The smallest absolute Gasteiger partial charge is 0.240 e. The first-order valence-corrected chi connectivity index (χ1v) is 6.33. The van der Waals surface area contributed by atoms with E-state index >= 15 is 0 Å². The number of hydrogen-bond acceptors (Lipinski definition) is 4. The molecule has 5 heteroatoms. The van der Waals surface area contributed by atoms with Crippen LogP contribution < -0.4 is 15.2 Å². The maximum absolute atomic E-state index is 5.82. The third-order valence-electron chi connectivity index (χ3n) is 2.45. The number of nitrogens with zero attached hydrogens (tertiary/aromatic N) is 1. The molecule has 0 aliphatic carbocycles. The number of nitrogen functional groups attached to an aromatic ring is 1. The lowest BCUT2D eigenvalue weighted by Crippen LogP contribution is -2.02. The van der Waals surface area contributed by atoms with Crippen molar-refractivity contribution in [1.82, 2.24) is 4.98 Å². The first-order valence-electron chi connectivity index (χ1n) is 5.95. The molecular weight excluding hydrogens is 264 g/mol. The lowest BCUT2D eigenvalue weighted by atomic mass is 10.2. The Bertz CT molecular complexity index is 544. The quantitative estimate of drug-likeness (QED) is 0.912. The summed E-state index contributed by atoms with van der Waals surface area (Å²) in [5.74, 6) is 0.878. The first kappa shape index (κ1) is 13.5. The Morgan fingerprint density at radius 3 is 2.53 bits per heavy atom. The summed E-state index contributed by atoms with van der Waals surface area (Å²) in [7, 11) is 0. The van der Waals surface area contributed by atoms with Gasteiger partial charge in [-0.25, -0.2) is 0 Å². The lowest BCUT2D eigenvalue weighted by Gasteiger charge is -2.09. The van der Waals surface area contributed by atoms with Gasteiger partial charge in [0.15, 0.2) is 0 Å². The van der Waals surface area contributed by atoms with Crippen molar-refractivity contribution in [2.75, 3.05) is 12.3 Å². The number of ether oxygens (including phenoxy) is 2. The topological polar surface area (TPSA) is 57.4 Å². The zero-order chi connectivity index (χ0) is 13.7. The second-order valence-electron chi connectivity index (χ2n) is 3.89. The van der Waals surface area contributed by atoms with Crippen molar-refractivity contribution in [3.63, 3.8) is 0 Å². The van der Waals surface area contributed by atoms with E-state index in [1.165, 1.54) is 0 Å². The highest BCUT2D eigenvalue weighted by molar-refractivity contribution is 6.30. The molecular formula is C14H15ClN2O2. The molecule has 2 aromatic rings. The van der Waals surface area contributed by atoms with Gasteiger partial charge in [-0.3, -0.25) is 0 Å². The van der Waals surface area contributed by atoms with E-state index in [1.54, 1.807) is 12.1 Å². The molecule has 0 fully saturated rings. The summed E-state index contributed by atoms with van der Waals surface area (Å²) in [6.07, 6.45) is 0. The molecule has 2 N–H and O–H groups in total. The number of hydrogen-bond donors (Lipinski definition) is 1. The van der Waals surface area contributed by atoms with E-state index in [2.05, 4.69) is 4.98 Å². The number of anilines is 1. The van der Waals surface area contributed by atoms with E-state index in [-0.39, 0.29) is 0 Å². The van der Waals surface area contributed by atoms with Crippen LogP contribution in [0.25, 0.3) is 0 Å². The van der Waals surface area contributed by atoms with Crippen molar-refractivity contribution >= 4 is 17.3 Å². The van der Waals surface area contributed by atoms with Gasteiger partial charge in [0.2, 0.25) is 11.8 Å². The molecule has 19 heavy (non-hydrogen) atoms. The van der Waals surface area contributed by atoms with Gasteiger partial charge in [-0.2, -0.15) is 4.98 Å². The Hall–Kier alpha value is -1.94. The number of aromatic nitrogens is 1. The van der Waals surface area contributed by atoms with E-state index < -0.39 is 0 Å². The van der Waals surface area contributed by atoms with Gasteiger partial charge in [-0.05, 0) is 30.7 Å². The van der Waals surface area contributed by atoms with Gasteiger partial charge in [0.05, 0.1) is 12.3 Å². The van der Waals surface area contributed by atoms with Crippen LogP contribution in [-0.4, -0.2) is 11.6 Å². The van der Waals surface area contributed by atoms with Crippen LogP contribution in [0.1, 0.15) is 12.5 Å². The molecule has 0 aliphatic rings. The van der Waals surface area contributed by atoms with E-state index in [0.29, 0.717) is 35.7 Å². The summed E-state index contributed by atoms with van der Waals surface area (Å²) in [6, 6.07) is 10.9. The second-order valence-corrected chi connectivity index (χ2v) is 4.33. The largest absolute Gasteiger partial charge is 0.476 e. The Labute approximate surface area is 117 Å². The van der Waals surface area contributed by atoms with Crippen LogP contribution in [0.5, 0.6) is 11.8 Å². The number of halogens is 1. The first-order chi connectivity index (χ1) is 9.19. The van der Waals surface area contributed by atoms with Gasteiger partial charge in [0, 0.05) is 11.1 Å². The predicted molar refractivity (Wildman–Crippen MR) is 75.6 cm³/mol. The summed E-state index contributed by atoms with van der Waals surface area (Å²) in [5.41, 5.74) is 7.26. The van der Waals surface area contributed by atoms with Crippen molar-refractivity contribution < 1.29 is 9.47 Å². The third-order valence-corrected chi connectivity index (χ3v) is 2.70. The highest BCUT2D eigenvalue weighted by atomic mass is 35.5. The van der Waals surface area contributed by atoms with Crippen LogP contribution >= 0.6 is 11.6 Å². The summed E-state index contributed by atoms with van der Waals surface area (Å²) < 4.78 is 10.9. The van der Waals surface area contributed by atoms with Gasteiger partial charge in [0.25, 0.3) is 0 Å². The molecule has 0 atom stereocenters. The minimum absolute atomic E-state index is 0.399. The molecule has 0 saturated heterocycles. The fraction of sp³-hybridized carbons (Fsp3) is 0.214. The summed E-state index contributed by atoms with van der Waals surface area (Å²) in [5, 5.41) is 0.702. The molecule has 0 saturated carbocycles. The minimum Gasteiger partial charge on any atom is -0.476 e. The molecule has 0 radical (unpaired) electrons. The number of rotatable bonds is 5. The van der Waals surface area contributed by atoms with Crippen molar-refractivity contribution in [3.8, 4) is 11.8 Å². The summed E-state index contributed by atoms with van der Waals surface area (Å²) >= 11 is 5.82. The normalized spacial score (nSPS) is 10.2. The van der Waals surface area contributed by atoms with E-state index in [0.717, 1.165) is 5.56 Å². The summed E-state index contributed by atoms with van der Waals surface area (Å²) in [6.45, 7) is 2.81. The van der Waals surface area contributed by atoms with Gasteiger partial charge in [0.1, 0.15) is 6.61 Å². The Kier molecular flexibility index (Phi) is 4.47. The zero-order valence-electron chi connectivity index (χ0n) is 10.6. The van der Waals surface area contributed by atoms with Crippen LogP contribution in [0.4, 0.5) is 5.69 Å². The molecule has 1 heterocycles.